The Morgan fingerprint density at radius 1 is 1.00 bits per heavy atom. The Hall–Kier alpha value is -2.29. The molecule has 3 aromatic rings. The van der Waals surface area contributed by atoms with Crippen molar-refractivity contribution in [1.29, 1.82) is 0 Å². The molecule has 0 aliphatic carbocycles. The van der Waals surface area contributed by atoms with Crippen molar-refractivity contribution in [1.82, 2.24) is 0 Å². The molecule has 1 aromatic heterocycles. The SMILES string of the molecule is Cc1ccc2c(c1)c(=O)oc1cc(O)c(C)cc12. The first-order chi connectivity index (χ1) is 8.56. The summed E-state index contributed by atoms with van der Waals surface area (Å²) in [6.07, 6.45) is 0. The van der Waals surface area contributed by atoms with E-state index in [9.17, 15) is 9.90 Å². The third-order valence-electron chi connectivity index (χ3n) is 3.19. The van der Waals surface area contributed by atoms with Crippen LogP contribution in [0.4, 0.5) is 0 Å². The molecule has 0 unspecified atom stereocenters. The number of benzene rings is 2. The lowest BCUT2D eigenvalue weighted by Crippen LogP contribution is -2.00. The monoisotopic (exact) mass is 240 g/mol. The van der Waals surface area contributed by atoms with Gasteiger partial charge in [-0.05, 0) is 36.9 Å². The molecule has 0 atom stereocenters. The molecule has 18 heavy (non-hydrogen) atoms. The van der Waals surface area contributed by atoms with Crippen molar-refractivity contribution in [2.45, 2.75) is 13.8 Å². The highest BCUT2D eigenvalue weighted by atomic mass is 16.4. The van der Waals surface area contributed by atoms with E-state index in [0.29, 0.717) is 11.0 Å². The first-order valence-electron chi connectivity index (χ1n) is 5.73. The molecular formula is C15H12O3. The summed E-state index contributed by atoms with van der Waals surface area (Å²) in [5, 5.41) is 11.9. The fourth-order valence-electron chi connectivity index (χ4n) is 2.19. The second-order valence-corrected chi connectivity index (χ2v) is 4.57. The van der Waals surface area contributed by atoms with E-state index in [-0.39, 0.29) is 11.4 Å². The Bertz CT molecular complexity index is 828. The lowest BCUT2D eigenvalue weighted by atomic mass is 10.0. The molecular weight excluding hydrogens is 228 g/mol. The molecule has 3 nitrogen and oxygen atoms in total. The van der Waals surface area contributed by atoms with Gasteiger partial charge in [0.05, 0.1) is 5.39 Å². The second-order valence-electron chi connectivity index (χ2n) is 4.57. The smallest absolute Gasteiger partial charge is 0.344 e. The summed E-state index contributed by atoms with van der Waals surface area (Å²) < 4.78 is 5.25. The average Bonchev–Trinajstić information content (AvgIpc) is 2.32. The maximum absolute atomic E-state index is 11.9. The van der Waals surface area contributed by atoms with Crippen LogP contribution in [0.1, 0.15) is 11.1 Å². The van der Waals surface area contributed by atoms with Crippen molar-refractivity contribution >= 4 is 21.7 Å². The van der Waals surface area contributed by atoms with Gasteiger partial charge in [-0.3, -0.25) is 0 Å². The minimum Gasteiger partial charge on any atom is -0.508 e. The van der Waals surface area contributed by atoms with Crippen LogP contribution < -0.4 is 5.63 Å². The maximum Gasteiger partial charge on any atom is 0.344 e. The lowest BCUT2D eigenvalue weighted by Gasteiger charge is -2.05. The van der Waals surface area contributed by atoms with Crippen LogP contribution in [0.5, 0.6) is 5.75 Å². The molecule has 1 heterocycles. The van der Waals surface area contributed by atoms with Gasteiger partial charge in [0.15, 0.2) is 0 Å². The summed E-state index contributed by atoms with van der Waals surface area (Å²) in [6.45, 7) is 3.76. The second kappa shape index (κ2) is 3.60. The molecule has 0 fully saturated rings. The number of phenolic OH excluding ortho intramolecular Hbond substituents is 1. The third-order valence-corrected chi connectivity index (χ3v) is 3.19. The van der Waals surface area contributed by atoms with Crippen LogP contribution in [0.2, 0.25) is 0 Å². The van der Waals surface area contributed by atoms with Crippen LogP contribution in [0.15, 0.2) is 39.5 Å². The fourth-order valence-corrected chi connectivity index (χ4v) is 2.19. The molecule has 3 heteroatoms. The molecule has 0 bridgehead atoms. The van der Waals surface area contributed by atoms with Gasteiger partial charge in [0.25, 0.3) is 0 Å². The first-order valence-corrected chi connectivity index (χ1v) is 5.73. The first kappa shape index (κ1) is 10.8. The molecule has 0 radical (unpaired) electrons. The summed E-state index contributed by atoms with van der Waals surface area (Å²) in [7, 11) is 0. The largest absolute Gasteiger partial charge is 0.508 e. The van der Waals surface area contributed by atoms with E-state index < -0.39 is 0 Å². The maximum atomic E-state index is 11.9. The summed E-state index contributed by atoms with van der Waals surface area (Å²) in [4.78, 5) is 11.9. The van der Waals surface area contributed by atoms with Gasteiger partial charge >= 0.3 is 5.63 Å². The van der Waals surface area contributed by atoms with Crippen molar-refractivity contribution in [3.05, 3.63) is 51.9 Å². The standard InChI is InChI=1S/C15H12O3/c1-8-3-4-10-11-6-9(2)13(16)7-14(11)18-15(17)12(10)5-8/h3-7,16H,1-2H3. The number of aromatic hydroxyl groups is 1. The topological polar surface area (TPSA) is 50.4 Å². The molecule has 0 aliphatic rings. The summed E-state index contributed by atoms with van der Waals surface area (Å²) in [5.74, 6) is 0.136. The number of fused-ring (bicyclic) bond motifs is 3. The highest BCUT2D eigenvalue weighted by Crippen LogP contribution is 2.28. The molecule has 0 saturated carbocycles. The zero-order chi connectivity index (χ0) is 12.9. The van der Waals surface area contributed by atoms with Gasteiger partial charge < -0.3 is 9.52 Å². The van der Waals surface area contributed by atoms with Crippen molar-refractivity contribution in [2.24, 2.45) is 0 Å². The number of rotatable bonds is 0. The number of hydrogen-bond acceptors (Lipinski definition) is 3. The molecule has 2 aromatic carbocycles. The summed E-state index contributed by atoms with van der Waals surface area (Å²) in [6, 6.07) is 9.03. The van der Waals surface area contributed by atoms with Crippen molar-refractivity contribution < 1.29 is 9.52 Å². The highest BCUT2D eigenvalue weighted by Gasteiger charge is 2.09. The van der Waals surface area contributed by atoms with Crippen LogP contribution in [0.25, 0.3) is 21.7 Å². The van der Waals surface area contributed by atoms with Crippen LogP contribution >= 0.6 is 0 Å². The van der Waals surface area contributed by atoms with E-state index in [2.05, 4.69) is 0 Å². The van der Waals surface area contributed by atoms with Gasteiger partial charge in [-0.25, -0.2) is 4.79 Å². The van der Waals surface area contributed by atoms with E-state index in [4.69, 9.17) is 4.42 Å². The minimum absolute atomic E-state index is 0.136. The molecule has 1 N–H and O–H groups in total. The Labute approximate surface area is 103 Å². The van der Waals surface area contributed by atoms with Gasteiger partial charge in [0.2, 0.25) is 0 Å². The van der Waals surface area contributed by atoms with Crippen LogP contribution in [-0.2, 0) is 0 Å². The molecule has 0 aliphatic heterocycles. The predicted molar refractivity (Wildman–Crippen MR) is 71.1 cm³/mol. The minimum atomic E-state index is -0.371. The van der Waals surface area contributed by atoms with Crippen LogP contribution in [0.3, 0.4) is 0 Å². The quantitative estimate of drug-likeness (QED) is 0.484. The number of hydrogen-bond donors (Lipinski definition) is 1. The molecule has 0 saturated heterocycles. The van der Waals surface area contributed by atoms with Gasteiger partial charge in [0.1, 0.15) is 11.3 Å². The zero-order valence-electron chi connectivity index (χ0n) is 10.2. The third kappa shape index (κ3) is 1.48. The molecule has 0 amide bonds. The van der Waals surface area contributed by atoms with Crippen molar-refractivity contribution in [3.63, 3.8) is 0 Å². The Morgan fingerprint density at radius 3 is 2.56 bits per heavy atom. The van der Waals surface area contributed by atoms with Crippen LogP contribution in [0, 0.1) is 13.8 Å². The number of aryl methyl sites for hydroxylation is 2. The normalized spacial score (nSPS) is 11.2. The molecule has 90 valence electrons. The number of phenols is 1. The Kier molecular flexibility index (Phi) is 2.17. The van der Waals surface area contributed by atoms with Crippen LogP contribution in [-0.4, -0.2) is 5.11 Å². The molecule has 0 spiro atoms. The van der Waals surface area contributed by atoms with Crippen molar-refractivity contribution in [3.8, 4) is 5.75 Å². The zero-order valence-corrected chi connectivity index (χ0v) is 10.2. The van der Waals surface area contributed by atoms with Crippen molar-refractivity contribution in [2.75, 3.05) is 0 Å². The van der Waals surface area contributed by atoms with Gasteiger partial charge in [-0.2, -0.15) is 0 Å². The Balaban J connectivity index is 2.60. The average molecular weight is 240 g/mol. The summed E-state index contributed by atoms with van der Waals surface area (Å²) >= 11 is 0. The highest BCUT2D eigenvalue weighted by molar-refractivity contribution is 6.05. The van der Waals surface area contributed by atoms with Gasteiger partial charge in [0, 0.05) is 11.5 Å². The van der Waals surface area contributed by atoms with E-state index >= 15 is 0 Å². The van der Waals surface area contributed by atoms with E-state index in [0.717, 1.165) is 21.9 Å². The Morgan fingerprint density at radius 2 is 1.78 bits per heavy atom. The van der Waals surface area contributed by atoms with E-state index in [1.54, 1.807) is 0 Å². The van der Waals surface area contributed by atoms with Gasteiger partial charge in [-0.15, -0.1) is 0 Å². The lowest BCUT2D eigenvalue weighted by molar-refractivity contribution is 0.469. The van der Waals surface area contributed by atoms with E-state index in [1.807, 2.05) is 38.1 Å². The van der Waals surface area contributed by atoms with E-state index in [1.165, 1.54) is 6.07 Å². The molecule has 3 rings (SSSR count). The fraction of sp³-hybridized carbons (Fsp3) is 0.133. The summed E-state index contributed by atoms with van der Waals surface area (Å²) in [5.41, 5.74) is 1.83. The van der Waals surface area contributed by atoms with Gasteiger partial charge in [-0.1, -0.05) is 17.7 Å². The predicted octanol–water partition coefficient (Wildman–Crippen LogP) is 3.27.